The number of rotatable bonds is 14. The average Bonchev–Trinajstić information content (AvgIpc) is 2.77. The molecule has 6 heteroatoms. The van der Waals surface area contributed by atoms with Crippen molar-refractivity contribution in [2.45, 2.75) is 106 Å². The van der Waals surface area contributed by atoms with E-state index in [0.717, 1.165) is 33.2 Å². The Kier molecular flexibility index (Phi) is 38.7. The first-order valence-electron chi connectivity index (χ1n) is 11.3. The van der Waals surface area contributed by atoms with E-state index in [1.165, 1.54) is 51.4 Å². The summed E-state index contributed by atoms with van der Waals surface area (Å²) in [5, 5.41) is 16.5. The maximum atomic E-state index is 8.25. The van der Waals surface area contributed by atoms with E-state index in [-0.39, 0.29) is 18.6 Å². The Balaban J connectivity index is -0.000000157. The molecule has 0 saturated carbocycles. The second-order valence-electron chi connectivity index (χ2n) is 7.59. The summed E-state index contributed by atoms with van der Waals surface area (Å²) >= 11 is 0.750. The first-order chi connectivity index (χ1) is 13.9. The SMILES string of the molecule is CCC(CC)(COO)COO.[CH2-]C(CC)CCCC.[CH2-]C(CC)CCCC.[O]=[Ti+2]. The second-order valence-corrected chi connectivity index (χ2v) is 7.59. The van der Waals surface area contributed by atoms with Crippen LogP contribution in [-0.4, -0.2) is 23.7 Å². The van der Waals surface area contributed by atoms with Gasteiger partial charge in [0, 0.05) is 5.41 Å². The van der Waals surface area contributed by atoms with Crippen molar-refractivity contribution in [3.63, 3.8) is 0 Å². The summed E-state index contributed by atoms with van der Waals surface area (Å²) in [4.78, 5) is 8.10. The van der Waals surface area contributed by atoms with Gasteiger partial charge in [-0.05, 0) is 12.8 Å². The van der Waals surface area contributed by atoms with E-state index in [9.17, 15) is 0 Å². The molecule has 176 valence electrons. The van der Waals surface area contributed by atoms with Crippen LogP contribution in [0.1, 0.15) is 106 Å². The van der Waals surface area contributed by atoms with E-state index in [1.807, 2.05) is 13.8 Å². The van der Waals surface area contributed by atoms with Crippen molar-refractivity contribution < 1.29 is 44.0 Å². The van der Waals surface area contributed by atoms with Crippen molar-refractivity contribution >= 4 is 0 Å². The zero-order chi connectivity index (χ0) is 23.6. The van der Waals surface area contributed by atoms with Gasteiger partial charge in [0.1, 0.15) is 0 Å². The molecule has 0 aromatic carbocycles. The summed E-state index contributed by atoms with van der Waals surface area (Å²) in [6.07, 6.45) is 12.0. The van der Waals surface area contributed by atoms with Crippen LogP contribution in [0.25, 0.3) is 0 Å². The van der Waals surface area contributed by atoms with Gasteiger partial charge in [-0.2, -0.15) is 11.8 Å². The first-order valence-corrected chi connectivity index (χ1v) is 11.9. The van der Waals surface area contributed by atoms with Crippen LogP contribution >= 0.6 is 0 Å². The standard InChI is InChI=1S/2C8H17.C7H16O4.O.Ti/c2*1-4-6-7-8(3)5-2;1-3-7(4-2,5-10-8)6-11-9;;/h2*8H,3-7H2,1-2H3;8-9H,3-6H2,1-2H3;;/q2*-1;;;+2. The minimum absolute atomic E-state index is 0.195. The zero-order valence-electron chi connectivity index (χ0n) is 20.2. The molecule has 0 radical (unpaired) electrons. The third-order valence-electron chi connectivity index (χ3n) is 5.33. The van der Waals surface area contributed by atoms with E-state index < -0.39 is 0 Å². The molecule has 0 amide bonds. The van der Waals surface area contributed by atoms with Gasteiger partial charge in [0.25, 0.3) is 0 Å². The molecule has 0 spiro atoms. The van der Waals surface area contributed by atoms with E-state index in [4.69, 9.17) is 13.8 Å². The van der Waals surface area contributed by atoms with E-state index in [2.05, 4.69) is 51.3 Å². The molecular weight excluding hydrogens is 404 g/mol. The van der Waals surface area contributed by atoms with Gasteiger partial charge in [-0.1, -0.05) is 92.9 Å². The Bertz CT molecular complexity index is 254. The second kappa shape index (κ2) is 30.5. The summed E-state index contributed by atoms with van der Waals surface area (Å²) in [7, 11) is 0. The number of unbranched alkanes of at least 4 members (excludes halogenated alkanes) is 2. The van der Waals surface area contributed by atoms with Crippen LogP contribution in [0, 0.1) is 31.1 Å². The normalized spacial score (nSPS) is 12.4. The molecular formula is C23H50O5Ti. The number of hydrogen-bond donors (Lipinski definition) is 2. The van der Waals surface area contributed by atoms with Crippen LogP contribution in [0.3, 0.4) is 0 Å². The van der Waals surface area contributed by atoms with Gasteiger partial charge < -0.3 is 13.8 Å². The van der Waals surface area contributed by atoms with Crippen molar-refractivity contribution in [3.05, 3.63) is 13.8 Å². The third-order valence-corrected chi connectivity index (χ3v) is 5.33. The molecule has 0 aliphatic rings. The van der Waals surface area contributed by atoms with E-state index in [1.54, 1.807) is 0 Å². The quantitative estimate of drug-likeness (QED) is 0.122. The molecule has 0 aliphatic heterocycles. The van der Waals surface area contributed by atoms with Crippen LogP contribution in [0.4, 0.5) is 0 Å². The Labute approximate surface area is 193 Å². The molecule has 2 unspecified atom stereocenters. The van der Waals surface area contributed by atoms with E-state index in [0.29, 0.717) is 11.8 Å². The zero-order valence-corrected chi connectivity index (χ0v) is 21.7. The van der Waals surface area contributed by atoms with Crippen molar-refractivity contribution in [2.24, 2.45) is 17.3 Å². The minimum atomic E-state index is -0.260. The summed E-state index contributed by atoms with van der Waals surface area (Å²) in [5.74, 6) is 1.41. The third kappa shape index (κ3) is 28.4. The predicted octanol–water partition coefficient (Wildman–Crippen LogP) is 7.72. The fourth-order valence-electron chi connectivity index (χ4n) is 2.37. The van der Waals surface area contributed by atoms with Gasteiger partial charge in [-0.25, -0.2) is 9.78 Å². The molecule has 0 heterocycles. The van der Waals surface area contributed by atoms with Gasteiger partial charge in [-0.15, -0.1) is 0 Å². The van der Waals surface area contributed by atoms with E-state index >= 15 is 0 Å². The van der Waals surface area contributed by atoms with Gasteiger partial charge >= 0.3 is 23.7 Å². The average molecular weight is 455 g/mol. The monoisotopic (exact) mass is 454 g/mol. The molecule has 0 saturated heterocycles. The topological polar surface area (TPSA) is 76.0 Å². The molecule has 29 heavy (non-hydrogen) atoms. The molecule has 2 N–H and O–H groups in total. The maximum absolute atomic E-state index is 8.25. The molecule has 5 nitrogen and oxygen atoms in total. The van der Waals surface area contributed by atoms with Crippen molar-refractivity contribution in [1.29, 1.82) is 0 Å². The first kappa shape index (κ1) is 36.7. The fourth-order valence-corrected chi connectivity index (χ4v) is 2.37. The Morgan fingerprint density at radius 2 is 1.07 bits per heavy atom. The molecule has 0 bridgehead atoms. The van der Waals surface area contributed by atoms with Crippen molar-refractivity contribution in [2.75, 3.05) is 13.2 Å². The Hall–Kier alpha value is 0.354. The van der Waals surface area contributed by atoms with Gasteiger partial charge in [0.15, 0.2) is 0 Å². The number of hydrogen-bond acceptors (Lipinski definition) is 5. The van der Waals surface area contributed by atoms with Gasteiger partial charge in [0.2, 0.25) is 0 Å². The summed E-state index contributed by atoms with van der Waals surface area (Å²) in [6, 6.07) is 0. The van der Waals surface area contributed by atoms with Crippen LogP contribution < -0.4 is 0 Å². The van der Waals surface area contributed by atoms with Crippen molar-refractivity contribution in [1.82, 2.24) is 0 Å². The molecule has 0 aromatic rings. The van der Waals surface area contributed by atoms with Crippen LogP contribution in [0.2, 0.25) is 0 Å². The molecule has 0 aliphatic carbocycles. The Morgan fingerprint density at radius 3 is 1.24 bits per heavy atom. The molecule has 0 fully saturated rings. The predicted molar refractivity (Wildman–Crippen MR) is 118 cm³/mol. The molecule has 0 aromatic heterocycles. The fraction of sp³-hybridized carbons (Fsp3) is 0.913. The van der Waals surface area contributed by atoms with Crippen molar-refractivity contribution in [3.8, 4) is 0 Å². The van der Waals surface area contributed by atoms with Gasteiger partial charge in [0.05, 0.1) is 13.2 Å². The summed E-state index contributed by atoms with van der Waals surface area (Å²) < 4.78 is 8.25. The molecule has 2 atom stereocenters. The Morgan fingerprint density at radius 1 is 0.759 bits per heavy atom. The summed E-state index contributed by atoms with van der Waals surface area (Å²) in [6.45, 7) is 21.2. The molecule has 0 rings (SSSR count). The summed E-state index contributed by atoms with van der Waals surface area (Å²) in [5.41, 5.74) is -0.260. The van der Waals surface area contributed by atoms with Gasteiger partial charge in [-0.3, -0.25) is 10.5 Å². The van der Waals surface area contributed by atoms with Crippen LogP contribution in [-0.2, 0) is 33.5 Å². The van der Waals surface area contributed by atoms with Crippen LogP contribution in [0.5, 0.6) is 0 Å². The van der Waals surface area contributed by atoms with Crippen LogP contribution in [0.15, 0.2) is 0 Å².